The van der Waals surface area contributed by atoms with Gasteiger partial charge >= 0.3 is 0 Å². The lowest BCUT2D eigenvalue weighted by atomic mass is 10.1. The lowest BCUT2D eigenvalue weighted by molar-refractivity contribution is 0.798. The van der Waals surface area contributed by atoms with Gasteiger partial charge in [-0.15, -0.1) is 0 Å². The predicted molar refractivity (Wildman–Crippen MR) is 84.0 cm³/mol. The molecule has 0 aliphatic carbocycles. The number of rotatable bonds is 1. The second kappa shape index (κ2) is 4.64. The lowest BCUT2D eigenvalue weighted by Crippen LogP contribution is -1.92. The summed E-state index contributed by atoms with van der Waals surface area (Å²) in [7, 11) is 1.84. The predicted octanol–water partition coefficient (Wildman–Crippen LogP) is 3.06. The van der Waals surface area contributed by atoms with Gasteiger partial charge in [0.25, 0.3) is 0 Å². The Balaban J connectivity index is 2.03. The van der Waals surface area contributed by atoms with Crippen molar-refractivity contribution >= 4 is 21.9 Å². The van der Waals surface area contributed by atoms with Crippen LogP contribution in [0.5, 0.6) is 0 Å². The van der Waals surface area contributed by atoms with Gasteiger partial charge in [-0.05, 0) is 30.3 Å². The minimum absolute atomic E-state index is 0.612. The summed E-state index contributed by atoms with van der Waals surface area (Å²) in [6.45, 7) is 0. The number of aromatic nitrogens is 4. The van der Waals surface area contributed by atoms with Crippen molar-refractivity contribution in [2.45, 2.75) is 0 Å². The summed E-state index contributed by atoms with van der Waals surface area (Å²) >= 11 is 0. The standard InChI is InChI=1S/C17H11N5/c1-22-17-11(10-18)4-2-5-12(17)16(21-22)15-8-7-13-14(20-15)6-3-9-19-13/h2-9H,1H3. The third-order valence-corrected chi connectivity index (χ3v) is 3.68. The van der Waals surface area contributed by atoms with Gasteiger partial charge in [0.15, 0.2) is 0 Å². The number of pyridine rings is 2. The van der Waals surface area contributed by atoms with Gasteiger partial charge in [0.05, 0.1) is 27.8 Å². The van der Waals surface area contributed by atoms with E-state index in [2.05, 4.69) is 21.1 Å². The molecular formula is C17H11N5. The number of benzene rings is 1. The van der Waals surface area contributed by atoms with Crippen LogP contribution >= 0.6 is 0 Å². The zero-order chi connectivity index (χ0) is 15.1. The second-order valence-electron chi connectivity index (χ2n) is 5.02. The maximum atomic E-state index is 9.27. The zero-order valence-corrected chi connectivity index (χ0v) is 11.9. The number of aryl methyl sites for hydroxylation is 1. The molecule has 0 N–H and O–H groups in total. The molecule has 3 heterocycles. The summed E-state index contributed by atoms with van der Waals surface area (Å²) in [5, 5.41) is 14.8. The molecular weight excluding hydrogens is 274 g/mol. The van der Waals surface area contributed by atoms with Gasteiger partial charge in [-0.2, -0.15) is 10.4 Å². The molecule has 104 valence electrons. The van der Waals surface area contributed by atoms with E-state index in [9.17, 15) is 5.26 Å². The van der Waals surface area contributed by atoms with Crippen molar-refractivity contribution in [1.29, 1.82) is 5.26 Å². The fraction of sp³-hybridized carbons (Fsp3) is 0.0588. The molecule has 4 aromatic rings. The lowest BCUT2D eigenvalue weighted by Gasteiger charge is -2.00. The van der Waals surface area contributed by atoms with E-state index in [4.69, 9.17) is 0 Å². The Morgan fingerprint density at radius 3 is 2.82 bits per heavy atom. The van der Waals surface area contributed by atoms with E-state index in [0.717, 1.165) is 33.3 Å². The van der Waals surface area contributed by atoms with Gasteiger partial charge in [-0.25, -0.2) is 4.98 Å². The molecule has 0 fully saturated rings. The van der Waals surface area contributed by atoms with Gasteiger partial charge < -0.3 is 0 Å². The summed E-state index contributed by atoms with van der Waals surface area (Å²) in [5.41, 5.74) is 4.68. The van der Waals surface area contributed by atoms with Crippen molar-refractivity contribution < 1.29 is 0 Å². The molecule has 3 aromatic heterocycles. The number of hydrogen-bond acceptors (Lipinski definition) is 4. The molecule has 0 unspecified atom stereocenters. The van der Waals surface area contributed by atoms with Crippen LogP contribution in [0.25, 0.3) is 33.3 Å². The summed E-state index contributed by atoms with van der Waals surface area (Å²) < 4.78 is 1.73. The molecule has 0 aliphatic heterocycles. The Morgan fingerprint density at radius 1 is 1.05 bits per heavy atom. The van der Waals surface area contributed by atoms with Crippen molar-refractivity contribution in [3.05, 3.63) is 54.2 Å². The zero-order valence-electron chi connectivity index (χ0n) is 11.9. The fourth-order valence-electron chi connectivity index (χ4n) is 2.71. The maximum Gasteiger partial charge on any atom is 0.119 e. The van der Waals surface area contributed by atoms with E-state index in [1.165, 1.54) is 0 Å². The van der Waals surface area contributed by atoms with Crippen LogP contribution in [0.3, 0.4) is 0 Å². The highest BCUT2D eigenvalue weighted by Gasteiger charge is 2.14. The van der Waals surface area contributed by atoms with Crippen LogP contribution in [-0.2, 0) is 7.05 Å². The van der Waals surface area contributed by atoms with Crippen LogP contribution in [0.4, 0.5) is 0 Å². The molecule has 0 radical (unpaired) electrons. The van der Waals surface area contributed by atoms with Crippen LogP contribution in [0, 0.1) is 11.3 Å². The Hall–Kier alpha value is -3.26. The van der Waals surface area contributed by atoms with E-state index < -0.39 is 0 Å². The number of nitriles is 1. The number of para-hydroxylation sites is 1. The first-order valence-corrected chi connectivity index (χ1v) is 6.86. The van der Waals surface area contributed by atoms with Crippen molar-refractivity contribution in [2.75, 3.05) is 0 Å². The van der Waals surface area contributed by atoms with Crippen LogP contribution in [0.2, 0.25) is 0 Å². The highest BCUT2D eigenvalue weighted by atomic mass is 15.3. The first-order chi connectivity index (χ1) is 10.8. The Morgan fingerprint density at radius 2 is 1.95 bits per heavy atom. The molecule has 5 heteroatoms. The van der Waals surface area contributed by atoms with Crippen LogP contribution in [-0.4, -0.2) is 19.7 Å². The summed E-state index contributed by atoms with van der Waals surface area (Å²) in [6, 6.07) is 15.5. The summed E-state index contributed by atoms with van der Waals surface area (Å²) in [5.74, 6) is 0. The third kappa shape index (κ3) is 1.75. The highest BCUT2D eigenvalue weighted by Crippen LogP contribution is 2.29. The van der Waals surface area contributed by atoms with Crippen molar-refractivity contribution in [3.8, 4) is 17.5 Å². The van der Waals surface area contributed by atoms with Crippen LogP contribution in [0.1, 0.15) is 5.56 Å². The molecule has 5 nitrogen and oxygen atoms in total. The van der Waals surface area contributed by atoms with E-state index in [0.29, 0.717) is 5.56 Å². The molecule has 0 aliphatic rings. The maximum absolute atomic E-state index is 9.27. The van der Waals surface area contributed by atoms with Crippen molar-refractivity contribution in [3.63, 3.8) is 0 Å². The number of hydrogen-bond donors (Lipinski definition) is 0. The van der Waals surface area contributed by atoms with Crippen LogP contribution < -0.4 is 0 Å². The summed E-state index contributed by atoms with van der Waals surface area (Å²) in [4.78, 5) is 8.92. The molecule has 22 heavy (non-hydrogen) atoms. The third-order valence-electron chi connectivity index (χ3n) is 3.68. The fourth-order valence-corrected chi connectivity index (χ4v) is 2.71. The Labute approximate surface area is 126 Å². The molecule has 0 amide bonds. The van der Waals surface area contributed by atoms with E-state index in [1.54, 1.807) is 16.9 Å². The summed E-state index contributed by atoms with van der Waals surface area (Å²) in [6.07, 6.45) is 1.75. The number of fused-ring (bicyclic) bond motifs is 2. The molecule has 0 atom stereocenters. The molecule has 1 aromatic carbocycles. The van der Waals surface area contributed by atoms with Crippen molar-refractivity contribution in [2.24, 2.45) is 7.05 Å². The van der Waals surface area contributed by atoms with E-state index in [1.807, 2.05) is 43.4 Å². The highest BCUT2D eigenvalue weighted by molar-refractivity contribution is 5.96. The average molecular weight is 285 g/mol. The van der Waals surface area contributed by atoms with Gasteiger partial charge in [-0.3, -0.25) is 9.67 Å². The van der Waals surface area contributed by atoms with Crippen molar-refractivity contribution in [1.82, 2.24) is 19.7 Å². The molecule has 0 bridgehead atoms. The van der Waals surface area contributed by atoms with Gasteiger partial charge in [0.2, 0.25) is 0 Å². The van der Waals surface area contributed by atoms with Gasteiger partial charge in [0, 0.05) is 18.6 Å². The van der Waals surface area contributed by atoms with Gasteiger partial charge in [-0.1, -0.05) is 12.1 Å². The molecule has 0 spiro atoms. The quantitative estimate of drug-likeness (QED) is 0.539. The SMILES string of the molecule is Cn1nc(-c2ccc3ncccc3n2)c2cccc(C#N)c21. The first kappa shape index (κ1) is 12.5. The average Bonchev–Trinajstić information content (AvgIpc) is 2.91. The van der Waals surface area contributed by atoms with E-state index >= 15 is 0 Å². The minimum atomic E-state index is 0.612. The van der Waals surface area contributed by atoms with Crippen LogP contribution in [0.15, 0.2) is 48.7 Å². The normalized spacial score (nSPS) is 10.9. The topological polar surface area (TPSA) is 67.4 Å². The Bertz CT molecular complexity index is 1060. The van der Waals surface area contributed by atoms with Gasteiger partial charge in [0.1, 0.15) is 11.8 Å². The first-order valence-electron chi connectivity index (χ1n) is 6.86. The molecule has 0 saturated heterocycles. The molecule has 0 saturated carbocycles. The minimum Gasteiger partial charge on any atom is -0.266 e. The largest absolute Gasteiger partial charge is 0.266 e. The monoisotopic (exact) mass is 285 g/mol. The van der Waals surface area contributed by atoms with E-state index in [-0.39, 0.29) is 0 Å². The second-order valence-corrected chi connectivity index (χ2v) is 5.02. The smallest absolute Gasteiger partial charge is 0.119 e. The number of nitrogens with zero attached hydrogens (tertiary/aromatic N) is 5. The Kier molecular flexibility index (Phi) is 2.63. The molecule has 4 rings (SSSR count).